The highest BCUT2D eigenvalue weighted by Gasteiger charge is 2.25. The van der Waals surface area contributed by atoms with Crippen molar-refractivity contribution in [3.05, 3.63) is 25.3 Å². The van der Waals surface area contributed by atoms with Crippen LogP contribution >= 0.6 is 22.6 Å². The molecular weight excluding hydrogens is 411 g/mol. The molecule has 0 fully saturated rings. The summed E-state index contributed by atoms with van der Waals surface area (Å²) in [6.07, 6.45) is 4.88. The first-order valence-electron chi connectivity index (χ1n) is 7.39. The van der Waals surface area contributed by atoms with Crippen LogP contribution in [0.25, 0.3) is 0 Å². The van der Waals surface area contributed by atoms with E-state index in [2.05, 4.69) is 56.5 Å². The molecule has 2 atom stereocenters. The molecule has 0 aromatic heterocycles. The maximum absolute atomic E-state index is 10.7. The molecule has 0 aliphatic rings. The van der Waals surface area contributed by atoms with Gasteiger partial charge in [0.2, 0.25) is 0 Å². The molecule has 0 saturated heterocycles. The highest BCUT2D eigenvalue weighted by atomic mass is 127. The van der Waals surface area contributed by atoms with Crippen molar-refractivity contribution in [2.24, 2.45) is 22.7 Å². The van der Waals surface area contributed by atoms with E-state index >= 15 is 0 Å². The fourth-order valence-corrected chi connectivity index (χ4v) is 2.36. The van der Waals surface area contributed by atoms with Gasteiger partial charge in [-0.15, -0.1) is 13.2 Å². The Bertz CT molecular complexity index is 439. The van der Waals surface area contributed by atoms with Crippen molar-refractivity contribution >= 4 is 32.7 Å². The predicted molar refractivity (Wildman–Crippen MR) is 106 cm³/mol. The summed E-state index contributed by atoms with van der Waals surface area (Å²) in [6.45, 7) is 20.3. The van der Waals surface area contributed by atoms with Gasteiger partial charge in [0.25, 0.3) is 10.1 Å². The third kappa shape index (κ3) is 10.8. The molecular formula is C17H33IO3S. The van der Waals surface area contributed by atoms with Gasteiger partial charge in [0, 0.05) is 4.43 Å². The molecule has 0 aliphatic heterocycles. The Kier molecular flexibility index (Phi) is 11.2. The van der Waals surface area contributed by atoms with E-state index in [1.807, 2.05) is 26.8 Å². The van der Waals surface area contributed by atoms with E-state index in [4.69, 9.17) is 4.18 Å². The number of allylic oxidation sites excluding steroid dienone is 2. The Morgan fingerprint density at radius 3 is 1.64 bits per heavy atom. The van der Waals surface area contributed by atoms with Crippen LogP contribution in [0, 0.1) is 22.7 Å². The molecule has 0 spiro atoms. The molecule has 22 heavy (non-hydrogen) atoms. The summed E-state index contributed by atoms with van der Waals surface area (Å²) in [5.74, 6) is 0.837. The topological polar surface area (TPSA) is 43.4 Å². The Morgan fingerprint density at radius 1 is 1.05 bits per heavy atom. The molecule has 0 aliphatic carbocycles. The third-order valence-electron chi connectivity index (χ3n) is 4.16. The SMILES string of the molecule is C=CC(C)C(C)(C)CI.C=CC(C)C(C)(C)COS(C)(=O)=O. The Morgan fingerprint density at radius 2 is 1.41 bits per heavy atom. The molecule has 0 amide bonds. The number of alkyl halides is 1. The van der Waals surface area contributed by atoms with Gasteiger partial charge in [-0.1, -0.05) is 76.3 Å². The second-order valence-corrected chi connectivity index (χ2v) is 9.53. The lowest BCUT2D eigenvalue weighted by Gasteiger charge is -2.28. The van der Waals surface area contributed by atoms with E-state index in [1.54, 1.807) is 6.08 Å². The summed E-state index contributed by atoms with van der Waals surface area (Å²) in [4.78, 5) is 0. The van der Waals surface area contributed by atoms with Crippen molar-refractivity contribution in [3.8, 4) is 0 Å². The molecule has 0 radical (unpaired) electrons. The van der Waals surface area contributed by atoms with Crippen LogP contribution in [0.1, 0.15) is 41.5 Å². The van der Waals surface area contributed by atoms with E-state index in [9.17, 15) is 8.42 Å². The lowest BCUT2D eigenvalue weighted by atomic mass is 9.81. The first-order chi connectivity index (χ1) is 9.73. The van der Waals surface area contributed by atoms with Gasteiger partial charge in [-0.2, -0.15) is 8.42 Å². The van der Waals surface area contributed by atoms with Crippen LogP contribution in [-0.2, 0) is 14.3 Å². The zero-order valence-electron chi connectivity index (χ0n) is 15.1. The van der Waals surface area contributed by atoms with Crippen molar-refractivity contribution in [1.29, 1.82) is 0 Å². The summed E-state index contributed by atoms with van der Waals surface area (Å²) in [5, 5.41) is 0. The molecule has 0 saturated carbocycles. The maximum Gasteiger partial charge on any atom is 0.264 e. The van der Waals surface area contributed by atoms with Crippen LogP contribution in [0.2, 0.25) is 0 Å². The second-order valence-electron chi connectivity index (χ2n) is 7.13. The molecule has 0 bridgehead atoms. The fourth-order valence-electron chi connectivity index (χ4n) is 1.15. The summed E-state index contributed by atoms with van der Waals surface area (Å²) < 4.78 is 27.4. The minimum atomic E-state index is -3.33. The number of hydrogen-bond acceptors (Lipinski definition) is 3. The van der Waals surface area contributed by atoms with Crippen molar-refractivity contribution < 1.29 is 12.6 Å². The quantitative estimate of drug-likeness (QED) is 0.227. The largest absolute Gasteiger partial charge is 0.270 e. The van der Waals surface area contributed by atoms with Crippen LogP contribution in [0.3, 0.4) is 0 Å². The van der Waals surface area contributed by atoms with Gasteiger partial charge < -0.3 is 0 Å². The summed E-state index contributed by atoms with van der Waals surface area (Å²) >= 11 is 2.42. The summed E-state index contributed by atoms with van der Waals surface area (Å²) in [6, 6.07) is 0. The van der Waals surface area contributed by atoms with Gasteiger partial charge in [-0.05, 0) is 22.7 Å². The van der Waals surface area contributed by atoms with Crippen molar-refractivity contribution in [2.75, 3.05) is 17.3 Å². The Labute approximate surface area is 151 Å². The lowest BCUT2D eigenvalue weighted by molar-refractivity contribution is 0.149. The molecule has 2 unspecified atom stereocenters. The van der Waals surface area contributed by atoms with E-state index in [1.165, 1.54) is 4.43 Å². The van der Waals surface area contributed by atoms with Gasteiger partial charge in [-0.25, -0.2) is 0 Å². The lowest BCUT2D eigenvalue weighted by Crippen LogP contribution is -2.27. The van der Waals surface area contributed by atoms with Gasteiger partial charge >= 0.3 is 0 Å². The van der Waals surface area contributed by atoms with E-state index in [0.29, 0.717) is 11.3 Å². The Balaban J connectivity index is 0. The van der Waals surface area contributed by atoms with Gasteiger partial charge in [-0.3, -0.25) is 4.18 Å². The molecule has 0 N–H and O–H groups in total. The highest BCUT2D eigenvalue weighted by Crippen LogP contribution is 2.29. The van der Waals surface area contributed by atoms with Crippen LogP contribution in [-0.4, -0.2) is 25.7 Å². The standard InChI is InChI=1S/C9H18O3S.C8H15I/c1-6-8(2)9(3,4)7-12-13(5,10)11;1-5-7(2)8(3,4)6-9/h6,8H,1,7H2,2-5H3;5,7H,1,6H2,2-4H3. The normalized spacial score (nSPS) is 15.3. The van der Waals surface area contributed by atoms with Gasteiger partial charge in [0.05, 0.1) is 12.9 Å². The van der Waals surface area contributed by atoms with Gasteiger partial charge in [0.15, 0.2) is 0 Å². The first-order valence-corrected chi connectivity index (χ1v) is 10.7. The first kappa shape index (κ1) is 24.4. The average Bonchev–Trinajstić information content (AvgIpc) is 2.43. The summed E-state index contributed by atoms with van der Waals surface area (Å²) in [5.41, 5.74) is 0.215. The molecule has 5 heteroatoms. The average molecular weight is 444 g/mol. The van der Waals surface area contributed by atoms with Crippen LogP contribution < -0.4 is 0 Å². The highest BCUT2D eigenvalue weighted by molar-refractivity contribution is 14.1. The molecule has 0 heterocycles. The summed E-state index contributed by atoms with van der Waals surface area (Å²) in [7, 11) is -3.33. The zero-order chi connectivity index (χ0) is 18.2. The van der Waals surface area contributed by atoms with Gasteiger partial charge in [0.1, 0.15) is 0 Å². The van der Waals surface area contributed by atoms with Crippen molar-refractivity contribution in [1.82, 2.24) is 0 Å². The smallest absolute Gasteiger partial charge is 0.264 e. The zero-order valence-corrected chi connectivity index (χ0v) is 18.1. The number of hydrogen-bond donors (Lipinski definition) is 0. The monoisotopic (exact) mass is 444 g/mol. The second kappa shape index (κ2) is 10.1. The van der Waals surface area contributed by atoms with Crippen molar-refractivity contribution in [2.45, 2.75) is 41.5 Å². The number of rotatable bonds is 8. The van der Waals surface area contributed by atoms with Crippen LogP contribution in [0.5, 0.6) is 0 Å². The third-order valence-corrected chi connectivity index (χ3v) is 6.67. The van der Waals surface area contributed by atoms with E-state index in [0.717, 1.165) is 6.26 Å². The minimum absolute atomic E-state index is 0.193. The maximum atomic E-state index is 10.7. The predicted octanol–water partition coefficient (Wildman–Crippen LogP) is 5.08. The van der Waals surface area contributed by atoms with E-state index < -0.39 is 10.1 Å². The Hall–Kier alpha value is 0.120. The van der Waals surface area contributed by atoms with Crippen LogP contribution in [0.15, 0.2) is 25.3 Å². The molecule has 0 aromatic rings. The molecule has 0 aromatic carbocycles. The van der Waals surface area contributed by atoms with Crippen molar-refractivity contribution in [3.63, 3.8) is 0 Å². The van der Waals surface area contributed by atoms with E-state index in [-0.39, 0.29) is 17.9 Å². The fraction of sp³-hybridized carbons (Fsp3) is 0.765. The molecule has 132 valence electrons. The molecule has 0 rings (SSSR count). The van der Waals surface area contributed by atoms with Crippen LogP contribution in [0.4, 0.5) is 0 Å². The minimum Gasteiger partial charge on any atom is -0.270 e. The number of halogens is 1. The molecule has 3 nitrogen and oxygen atoms in total.